The third-order valence-electron chi connectivity index (χ3n) is 0.834. The first-order chi connectivity index (χ1) is 4.18. The Hall–Kier alpha value is -0.830. The van der Waals surface area contributed by atoms with E-state index in [1.165, 1.54) is 5.12 Å². The fourth-order valence-corrected chi connectivity index (χ4v) is 0.257. The lowest BCUT2D eigenvalue weighted by Gasteiger charge is -2.15. The van der Waals surface area contributed by atoms with Gasteiger partial charge in [0.1, 0.15) is 0 Å². The SMILES string of the molecule is C=C/C=N\N(N)C(C)C. The summed E-state index contributed by atoms with van der Waals surface area (Å²) in [6.45, 7) is 7.38. The Bertz CT molecular complexity index is 107. The first-order valence-electron chi connectivity index (χ1n) is 2.87. The minimum absolute atomic E-state index is 0.237. The highest BCUT2D eigenvalue weighted by Gasteiger charge is 1.95. The van der Waals surface area contributed by atoms with Gasteiger partial charge in [-0.25, -0.2) is 11.0 Å². The standard InChI is InChI=1S/C6H13N3/c1-4-5-8-9(7)6(2)3/h4-6H,1,7H2,2-3H3/b8-5-. The molecule has 0 aliphatic heterocycles. The van der Waals surface area contributed by atoms with Crippen LogP contribution < -0.4 is 5.84 Å². The van der Waals surface area contributed by atoms with Crippen molar-refractivity contribution in [3.63, 3.8) is 0 Å². The lowest BCUT2D eigenvalue weighted by Crippen LogP contribution is -2.32. The fourth-order valence-electron chi connectivity index (χ4n) is 0.257. The molecule has 0 atom stereocenters. The second kappa shape index (κ2) is 4.09. The molecule has 0 fully saturated rings. The zero-order chi connectivity index (χ0) is 7.28. The van der Waals surface area contributed by atoms with Gasteiger partial charge in [-0.1, -0.05) is 6.58 Å². The molecule has 0 aliphatic carbocycles. The lowest BCUT2D eigenvalue weighted by molar-refractivity contribution is 0.241. The summed E-state index contributed by atoms with van der Waals surface area (Å²) in [4.78, 5) is 0. The van der Waals surface area contributed by atoms with Crippen molar-refractivity contribution in [2.75, 3.05) is 0 Å². The molecule has 0 heterocycles. The molecule has 0 aromatic rings. The van der Waals surface area contributed by atoms with Gasteiger partial charge in [-0.05, 0) is 19.9 Å². The zero-order valence-corrected chi connectivity index (χ0v) is 5.91. The molecule has 52 valence electrons. The monoisotopic (exact) mass is 127 g/mol. The zero-order valence-electron chi connectivity index (χ0n) is 5.91. The Morgan fingerprint density at radius 1 is 1.67 bits per heavy atom. The number of hydrazone groups is 1. The average Bonchev–Trinajstić information content (AvgIpc) is 1.82. The minimum atomic E-state index is 0.237. The molecule has 0 aromatic carbocycles. The first kappa shape index (κ1) is 8.17. The van der Waals surface area contributed by atoms with E-state index in [1.54, 1.807) is 12.3 Å². The summed E-state index contributed by atoms with van der Waals surface area (Å²) in [5.74, 6) is 5.39. The molecule has 0 aromatic heterocycles. The minimum Gasteiger partial charge on any atom is -0.231 e. The topological polar surface area (TPSA) is 41.6 Å². The van der Waals surface area contributed by atoms with Crippen molar-refractivity contribution in [1.29, 1.82) is 0 Å². The van der Waals surface area contributed by atoms with Crippen molar-refractivity contribution in [3.8, 4) is 0 Å². The molecule has 0 saturated heterocycles. The number of nitrogens with zero attached hydrogens (tertiary/aromatic N) is 2. The third-order valence-corrected chi connectivity index (χ3v) is 0.834. The van der Waals surface area contributed by atoms with Crippen LogP contribution >= 0.6 is 0 Å². The molecule has 0 rings (SSSR count). The van der Waals surface area contributed by atoms with Crippen molar-refractivity contribution < 1.29 is 0 Å². The maximum absolute atomic E-state index is 5.39. The number of allylic oxidation sites excluding steroid dienone is 1. The van der Waals surface area contributed by atoms with Crippen LogP contribution in [0.1, 0.15) is 13.8 Å². The van der Waals surface area contributed by atoms with E-state index in [9.17, 15) is 0 Å². The molecule has 3 nitrogen and oxygen atoms in total. The smallest absolute Gasteiger partial charge is 0.0583 e. The van der Waals surface area contributed by atoms with E-state index in [4.69, 9.17) is 5.84 Å². The normalized spacial score (nSPS) is 10.7. The van der Waals surface area contributed by atoms with Crippen LogP contribution in [0.5, 0.6) is 0 Å². The second-order valence-corrected chi connectivity index (χ2v) is 1.97. The van der Waals surface area contributed by atoms with Crippen LogP contribution in [0.4, 0.5) is 0 Å². The summed E-state index contributed by atoms with van der Waals surface area (Å²) < 4.78 is 0. The Morgan fingerprint density at radius 2 is 2.22 bits per heavy atom. The molecule has 0 spiro atoms. The quantitative estimate of drug-likeness (QED) is 0.345. The predicted molar refractivity (Wildman–Crippen MR) is 39.9 cm³/mol. The molecule has 0 aliphatic rings. The summed E-state index contributed by atoms with van der Waals surface area (Å²) >= 11 is 0. The van der Waals surface area contributed by atoms with E-state index in [-0.39, 0.29) is 6.04 Å². The number of hydrazine groups is 1. The first-order valence-corrected chi connectivity index (χ1v) is 2.87. The number of nitrogens with two attached hydrogens (primary N) is 1. The van der Waals surface area contributed by atoms with Crippen LogP contribution in [0, 0.1) is 0 Å². The van der Waals surface area contributed by atoms with Gasteiger partial charge in [-0.15, -0.1) is 0 Å². The van der Waals surface area contributed by atoms with Crippen molar-refractivity contribution >= 4 is 6.21 Å². The predicted octanol–water partition coefficient (Wildman–Crippen LogP) is 0.742. The average molecular weight is 127 g/mol. The molecular weight excluding hydrogens is 114 g/mol. The Morgan fingerprint density at radius 3 is 2.56 bits per heavy atom. The van der Waals surface area contributed by atoms with Crippen molar-refractivity contribution in [2.24, 2.45) is 10.9 Å². The lowest BCUT2D eigenvalue weighted by atomic mass is 10.4. The van der Waals surface area contributed by atoms with Gasteiger partial charge in [0.15, 0.2) is 0 Å². The van der Waals surface area contributed by atoms with Gasteiger partial charge in [0.2, 0.25) is 0 Å². The second-order valence-electron chi connectivity index (χ2n) is 1.97. The van der Waals surface area contributed by atoms with Gasteiger partial charge in [0.25, 0.3) is 0 Å². The summed E-state index contributed by atoms with van der Waals surface area (Å²) in [5, 5.41) is 5.19. The maximum atomic E-state index is 5.39. The molecule has 2 N–H and O–H groups in total. The van der Waals surface area contributed by atoms with Crippen LogP contribution in [0.25, 0.3) is 0 Å². The van der Waals surface area contributed by atoms with Gasteiger partial charge in [0.05, 0.1) is 6.04 Å². The van der Waals surface area contributed by atoms with E-state index in [0.29, 0.717) is 0 Å². The fraction of sp³-hybridized carbons (Fsp3) is 0.500. The van der Waals surface area contributed by atoms with Gasteiger partial charge >= 0.3 is 0 Å². The van der Waals surface area contributed by atoms with Gasteiger partial charge in [-0.3, -0.25) is 0 Å². The Labute approximate surface area is 55.8 Å². The van der Waals surface area contributed by atoms with Crippen molar-refractivity contribution in [1.82, 2.24) is 5.12 Å². The van der Waals surface area contributed by atoms with Gasteiger partial charge < -0.3 is 0 Å². The number of hydrogen-bond donors (Lipinski definition) is 1. The van der Waals surface area contributed by atoms with E-state index in [0.717, 1.165) is 0 Å². The van der Waals surface area contributed by atoms with Crippen LogP contribution in [-0.4, -0.2) is 17.4 Å². The summed E-state index contributed by atoms with van der Waals surface area (Å²) in [5.41, 5.74) is 0. The molecule has 0 radical (unpaired) electrons. The third kappa shape index (κ3) is 3.73. The van der Waals surface area contributed by atoms with Gasteiger partial charge in [0, 0.05) is 6.21 Å². The molecule has 0 saturated carbocycles. The number of rotatable bonds is 3. The Balaban J connectivity index is 3.61. The molecule has 0 unspecified atom stereocenters. The highest BCUT2D eigenvalue weighted by Crippen LogP contribution is 1.87. The highest BCUT2D eigenvalue weighted by molar-refractivity contribution is 5.69. The summed E-state index contributed by atoms with van der Waals surface area (Å²) in [6.07, 6.45) is 3.14. The largest absolute Gasteiger partial charge is 0.231 e. The molecule has 9 heavy (non-hydrogen) atoms. The van der Waals surface area contributed by atoms with Crippen LogP contribution in [0.2, 0.25) is 0 Å². The molecular formula is C6H13N3. The van der Waals surface area contributed by atoms with Crippen LogP contribution in [-0.2, 0) is 0 Å². The van der Waals surface area contributed by atoms with Crippen LogP contribution in [0.3, 0.4) is 0 Å². The molecule has 3 heteroatoms. The molecule has 0 amide bonds. The summed E-state index contributed by atoms with van der Waals surface area (Å²) in [6, 6.07) is 0.237. The van der Waals surface area contributed by atoms with Gasteiger partial charge in [-0.2, -0.15) is 5.10 Å². The van der Waals surface area contributed by atoms with E-state index in [2.05, 4.69) is 11.7 Å². The maximum Gasteiger partial charge on any atom is 0.0583 e. The van der Waals surface area contributed by atoms with Crippen molar-refractivity contribution in [2.45, 2.75) is 19.9 Å². The van der Waals surface area contributed by atoms with E-state index >= 15 is 0 Å². The van der Waals surface area contributed by atoms with Crippen LogP contribution in [0.15, 0.2) is 17.8 Å². The molecule has 0 bridgehead atoms. The Kier molecular flexibility index (Phi) is 3.71. The number of hydrogen-bond acceptors (Lipinski definition) is 3. The highest BCUT2D eigenvalue weighted by atomic mass is 15.6. The summed E-state index contributed by atoms with van der Waals surface area (Å²) in [7, 11) is 0. The van der Waals surface area contributed by atoms with Crippen molar-refractivity contribution in [3.05, 3.63) is 12.7 Å². The van der Waals surface area contributed by atoms with E-state index in [1.807, 2.05) is 13.8 Å². The van der Waals surface area contributed by atoms with E-state index < -0.39 is 0 Å².